The van der Waals surface area contributed by atoms with Crippen molar-refractivity contribution in [1.82, 2.24) is 0 Å². The van der Waals surface area contributed by atoms with Crippen LogP contribution in [-0.4, -0.2) is 12.5 Å². The summed E-state index contributed by atoms with van der Waals surface area (Å²) >= 11 is 0. The van der Waals surface area contributed by atoms with Gasteiger partial charge in [0, 0.05) is 11.4 Å². The molecule has 0 aliphatic carbocycles. The van der Waals surface area contributed by atoms with Gasteiger partial charge >= 0.3 is 0 Å². The summed E-state index contributed by atoms with van der Waals surface area (Å²) in [5, 5.41) is 2.70. The molecule has 104 valence electrons. The van der Waals surface area contributed by atoms with E-state index in [1.165, 1.54) is 12.1 Å². The molecule has 0 spiro atoms. The van der Waals surface area contributed by atoms with Crippen molar-refractivity contribution in [3.63, 3.8) is 0 Å². The van der Waals surface area contributed by atoms with Crippen LogP contribution in [0, 0.1) is 5.82 Å². The van der Waals surface area contributed by atoms with Crippen LogP contribution in [0.5, 0.6) is 5.75 Å². The largest absolute Gasteiger partial charge is 0.490 e. The standard InChI is InChI=1S/C15H15FN2O2/c16-13-3-1-2-4-14(13)20-10-9-15(19)18-12-7-5-11(17)6-8-12/h1-8H,9-10,17H2,(H,18,19). The molecule has 5 heteroatoms. The van der Waals surface area contributed by atoms with Crippen molar-refractivity contribution >= 4 is 17.3 Å². The fraction of sp³-hybridized carbons (Fsp3) is 0.133. The average Bonchev–Trinajstić information content (AvgIpc) is 2.43. The van der Waals surface area contributed by atoms with Crippen LogP contribution < -0.4 is 15.8 Å². The molecule has 0 saturated carbocycles. The van der Waals surface area contributed by atoms with Gasteiger partial charge in [0.05, 0.1) is 13.0 Å². The van der Waals surface area contributed by atoms with E-state index in [4.69, 9.17) is 10.5 Å². The fourth-order valence-electron chi connectivity index (χ4n) is 1.61. The van der Waals surface area contributed by atoms with E-state index in [1.54, 1.807) is 36.4 Å². The summed E-state index contributed by atoms with van der Waals surface area (Å²) in [5.41, 5.74) is 6.84. The molecule has 4 nitrogen and oxygen atoms in total. The third-order valence-electron chi connectivity index (χ3n) is 2.62. The van der Waals surface area contributed by atoms with Gasteiger partial charge in [0.15, 0.2) is 11.6 Å². The van der Waals surface area contributed by atoms with Gasteiger partial charge in [-0.1, -0.05) is 12.1 Å². The van der Waals surface area contributed by atoms with Gasteiger partial charge in [-0.05, 0) is 36.4 Å². The van der Waals surface area contributed by atoms with Gasteiger partial charge in [-0.3, -0.25) is 4.79 Å². The van der Waals surface area contributed by atoms with Crippen molar-refractivity contribution in [2.45, 2.75) is 6.42 Å². The predicted octanol–water partition coefficient (Wildman–Crippen LogP) is 2.82. The molecule has 0 aliphatic rings. The van der Waals surface area contributed by atoms with Gasteiger partial charge in [0.1, 0.15) is 0 Å². The number of carbonyl (C=O) groups excluding carboxylic acids is 1. The van der Waals surface area contributed by atoms with E-state index in [0.29, 0.717) is 11.4 Å². The number of halogens is 1. The molecule has 2 aromatic carbocycles. The number of carbonyl (C=O) groups is 1. The molecule has 3 N–H and O–H groups in total. The maximum absolute atomic E-state index is 13.3. The minimum Gasteiger partial charge on any atom is -0.490 e. The van der Waals surface area contributed by atoms with Crippen LogP contribution in [0.25, 0.3) is 0 Å². The van der Waals surface area contributed by atoms with E-state index in [2.05, 4.69) is 5.32 Å². The molecule has 20 heavy (non-hydrogen) atoms. The van der Waals surface area contributed by atoms with E-state index in [9.17, 15) is 9.18 Å². The zero-order chi connectivity index (χ0) is 14.4. The van der Waals surface area contributed by atoms with Gasteiger partial charge in [-0.15, -0.1) is 0 Å². The monoisotopic (exact) mass is 274 g/mol. The highest BCUT2D eigenvalue weighted by atomic mass is 19.1. The molecule has 0 aliphatic heterocycles. The van der Waals surface area contributed by atoms with Crippen molar-refractivity contribution in [2.24, 2.45) is 0 Å². The lowest BCUT2D eigenvalue weighted by Crippen LogP contribution is -2.15. The topological polar surface area (TPSA) is 64.3 Å². The molecular formula is C15H15FN2O2. The summed E-state index contributed by atoms with van der Waals surface area (Å²) in [6.07, 6.45) is 0.138. The molecule has 2 aromatic rings. The first-order chi connectivity index (χ1) is 9.65. The number of nitrogens with two attached hydrogens (primary N) is 1. The number of hydrogen-bond acceptors (Lipinski definition) is 3. The number of amides is 1. The minimum atomic E-state index is -0.438. The summed E-state index contributed by atoms with van der Waals surface area (Å²) in [4.78, 5) is 11.7. The Labute approximate surface area is 116 Å². The predicted molar refractivity (Wildman–Crippen MR) is 76.0 cm³/mol. The molecule has 1 amide bonds. The number of hydrogen-bond donors (Lipinski definition) is 2. The Morgan fingerprint density at radius 2 is 1.85 bits per heavy atom. The first-order valence-corrected chi connectivity index (χ1v) is 6.18. The highest BCUT2D eigenvalue weighted by Crippen LogP contribution is 2.15. The average molecular weight is 274 g/mol. The SMILES string of the molecule is Nc1ccc(NC(=O)CCOc2ccccc2F)cc1. The molecule has 0 heterocycles. The number of anilines is 2. The fourth-order valence-corrected chi connectivity index (χ4v) is 1.61. The summed E-state index contributed by atoms with van der Waals surface area (Å²) in [5.74, 6) is -0.495. The zero-order valence-corrected chi connectivity index (χ0v) is 10.8. The number of nitrogens with one attached hydrogen (secondary N) is 1. The summed E-state index contributed by atoms with van der Waals surface area (Å²) in [7, 11) is 0. The second-order valence-electron chi connectivity index (χ2n) is 4.20. The van der Waals surface area contributed by atoms with Gasteiger partial charge in [0.25, 0.3) is 0 Å². The van der Waals surface area contributed by atoms with E-state index in [1.807, 2.05) is 0 Å². The maximum Gasteiger partial charge on any atom is 0.227 e. The van der Waals surface area contributed by atoms with Gasteiger partial charge < -0.3 is 15.8 Å². The first kappa shape index (κ1) is 13.9. The molecule has 2 rings (SSSR count). The smallest absolute Gasteiger partial charge is 0.227 e. The number of nitrogen functional groups attached to an aromatic ring is 1. The molecule has 0 radical (unpaired) electrons. The normalized spacial score (nSPS) is 10.1. The van der Waals surface area contributed by atoms with Crippen molar-refractivity contribution in [1.29, 1.82) is 0 Å². The molecule has 0 bridgehead atoms. The van der Waals surface area contributed by atoms with E-state index in [-0.39, 0.29) is 24.7 Å². The zero-order valence-electron chi connectivity index (χ0n) is 10.8. The Balaban J connectivity index is 1.78. The van der Waals surface area contributed by atoms with E-state index in [0.717, 1.165) is 0 Å². The number of benzene rings is 2. The molecule has 0 saturated heterocycles. The lowest BCUT2D eigenvalue weighted by atomic mass is 10.3. The Morgan fingerprint density at radius 1 is 1.15 bits per heavy atom. The molecule has 0 atom stereocenters. The van der Waals surface area contributed by atoms with Crippen LogP contribution in [0.3, 0.4) is 0 Å². The van der Waals surface area contributed by atoms with Gasteiger partial charge in [-0.2, -0.15) is 0 Å². The Bertz CT molecular complexity index is 585. The van der Waals surface area contributed by atoms with Crippen molar-refractivity contribution in [3.05, 3.63) is 54.3 Å². The Morgan fingerprint density at radius 3 is 2.55 bits per heavy atom. The van der Waals surface area contributed by atoms with Crippen LogP contribution >= 0.6 is 0 Å². The number of rotatable bonds is 5. The summed E-state index contributed by atoms with van der Waals surface area (Å²) in [6, 6.07) is 12.9. The van der Waals surface area contributed by atoms with Crippen LogP contribution in [0.2, 0.25) is 0 Å². The minimum absolute atomic E-state index is 0.113. The number of para-hydroxylation sites is 1. The summed E-state index contributed by atoms with van der Waals surface area (Å²) < 4.78 is 18.5. The maximum atomic E-state index is 13.3. The van der Waals surface area contributed by atoms with Crippen molar-refractivity contribution in [3.8, 4) is 5.75 Å². The second kappa shape index (κ2) is 6.56. The first-order valence-electron chi connectivity index (χ1n) is 6.18. The second-order valence-corrected chi connectivity index (χ2v) is 4.20. The molecule has 0 fully saturated rings. The quantitative estimate of drug-likeness (QED) is 0.824. The van der Waals surface area contributed by atoms with Gasteiger partial charge in [-0.25, -0.2) is 4.39 Å². The van der Waals surface area contributed by atoms with Gasteiger partial charge in [0.2, 0.25) is 5.91 Å². The molecular weight excluding hydrogens is 259 g/mol. The lowest BCUT2D eigenvalue weighted by Gasteiger charge is -2.08. The van der Waals surface area contributed by atoms with Crippen LogP contribution in [0.15, 0.2) is 48.5 Å². The van der Waals surface area contributed by atoms with Crippen LogP contribution in [-0.2, 0) is 4.79 Å². The van der Waals surface area contributed by atoms with Crippen LogP contribution in [0.4, 0.5) is 15.8 Å². The highest BCUT2D eigenvalue weighted by molar-refractivity contribution is 5.90. The third kappa shape index (κ3) is 3.98. The Kier molecular flexibility index (Phi) is 4.55. The molecule has 0 aromatic heterocycles. The van der Waals surface area contributed by atoms with Crippen LogP contribution in [0.1, 0.15) is 6.42 Å². The van der Waals surface area contributed by atoms with Crippen molar-refractivity contribution < 1.29 is 13.9 Å². The molecule has 0 unspecified atom stereocenters. The highest BCUT2D eigenvalue weighted by Gasteiger charge is 2.05. The van der Waals surface area contributed by atoms with E-state index < -0.39 is 5.82 Å². The Hall–Kier alpha value is -2.56. The van der Waals surface area contributed by atoms with E-state index >= 15 is 0 Å². The van der Waals surface area contributed by atoms with Crippen molar-refractivity contribution in [2.75, 3.05) is 17.7 Å². The summed E-state index contributed by atoms with van der Waals surface area (Å²) in [6.45, 7) is 0.113. The third-order valence-corrected chi connectivity index (χ3v) is 2.62. The lowest BCUT2D eigenvalue weighted by molar-refractivity contribution is -0.116. The number of ether oxygens (including phenoxy) is 1.